The summed E-state index contributed by atoms with van der Waals surface area (Å²) in [6, 6.07) is 0. The summed E-state index contributed by atoms with van der Waals surface area (Å²) in [6.45, 7) is 0. The first-order valence-electron chi connectivity index (χ1n) is 2.13. The van der Waals surface area contributed by atoms with E-state index < -0.39 is 17.9 Å². The van der Waals surface area contributed by atoms with Crippen LogP contribution in [0.15, 0.2) is 0 Å². The fourth-order valence-electron chi connectivity index (χ4n) is 0. The number of hydrogen-bond acceptors (Lipinski definition) is 2. The Balaban J connectivity index is 4.53. The predicted octanol–water partition coefficient (Wildman–Crippen LogP) is 0.640. The Kier molecular flexibility index (Phi) is 1.99. The van der Waals surface area contributed by atoms with Crippen LogP contribution in [-0.4, -0.2) is 33.4 Å². The monoisotopic (exact) mass is 156 g/mol. The highest BCUT2D eigenvalue weighted by molar-refractivity contribution is 8.89. The van der Waals surface area contributed by atoms with Gasteiger partial charge in [-0.3, -0.25) is 0 Å². The van der Waals surface area contributed by atoms with Gasteiger partial charge >= 0.3 is 0 Å². The molecule has 0 unspecified atom stereocenters. The molecule has 0 aromatic rings. The van der Waals surface area contributed by atoms with Crippen LogP contribution < -0.4 is 0 Å². The van der Waals surface area contributed by atoms with Crippen LogP contribution in [0.5, 0.6) is 0 Å². The van der Waals surface area contributed by atoms with E-state index in [0.717, 1.165) is 0 Å². The van der Waals surface area contributed by atoms with Gasteiger partial charge in [0.1, 0.15) is 0 Å². The third-order valence-electron chi connectivity index (χ3n) is 0.908. The van der Waals surface area contributed by atoms with E-state index in [9.17, 15) is 8.42 Å². The smallest absolute Gasteiger partial charge is 0.181 e. The molecule has 0 aromatic carbocycles. The largest absolute Gasteiger partial charge is 0.219 e. The van der Waals surface area contributed by atoms with E-state index in [1.807, 2.05) is 0 Å². The summed E-state index contributed by atoms with van der Waals surface area (Å²) in [5.41, 5.74) is 0. The Bertz CT molecular complexity index is 161. The van der Waals surface area contributed by atoms with Crippen molar-refractivity contribution in [3.05, 3.63) is 0 Å². The van der Waals surface area contributed by atoms with E-state index in [-0.39, 0.29) is 0 Å². The average molecular weight is 156 g/mol. The first kappa shape index (κ1) is 8.30. The SMILES string of the molecule is CS(C)(C)S(C)(=O)=O. The molecule has 8 heavy (non-hydrogen) atoms. The molecule has 0 aliphatic carbocycles. The van der Waals surface area contributed by atoms with Gasteiger partial charge in [-0.05, 0) is 18.8 Å². The van der Waals surface area contributed by atoms with Crippen LogP contribution in [0.4, 0.5) is 0 Å². The van der Waals surface area contributed by atoms with Crippen LogP contribution in [0.3, 0.4) is 0 Å². The van der Waals surface area contributed by atoms with E-state index >= 15 is 0 Å². The molecule has 0 heterocycles. The maximum absolute atomic E-state index is 10.7. The fraction of sp³-hybridized carbons (Fsp3) is 1.00. The van der Waals surface area contributed by atoms with Crippen LogP contribution >= 0.6 is 9.06 Å². The molecule has 0 spiro atoms. The molecular formula is C4H12O2S2. The van der Waals surface area contributed by atoms with Crippen molar-refractivity contribution in [2.75, 3.05) is 25.0 Å². The highest BCUT2D eigenvalue weighted by Crippen LogP contribution is 2.41. The molecule has 0 amide bonds. The first-order valence-corrected chi connectivity index (χ1v) is 7.40. The minimum Gasteiger partial charge on any atom is -0.219 e. The Hall–Kier alpha value is 0.300. The standard InChI is InChI=1S/C4H12O2S2/c1-7(2,3)8(4,5)6/h1-4H3. The van der Waals surface area contributed by atoms with Gasteiger partial charge in [-0.2, -0.15) is 0 Å². The highest BCUT2D eigenvalue weighted by atomic mass is 33.2. The fourth-order valence-corrected chi connectivity index (χ4v) is 0. The van der Waals surface area contributed by atoms with Crippen molar-refractivity contribution >= 4 is 17.9 Å². The van der Waals surface area contributed by atoms with E-state index in [1.165, 1.54) is 6.26 Å². The minimum absolute atomic E-state index is 1.28. The molecular weight excluding hydrogens is 144 g/mol. The molecule has 0 aliphatic rings. The lowest BCUT2D eigenvalue weighted by Gasteiger charge is -2.21. The summed E-state index contributed by atoms with van der Waals surface area (Å²) in [5.74, 6) is 0. The Morgan fingerprint density at radius 2 is 1.00 bits per heavy atom. The average Bonchev–Trinajstić information content (AvgIpc) is 1.25. The molecule has 0 radical (unpaired) electrons. The van der Waals surface area contributed by atoms with Crippen LogP contribution in [-0.2, 0) is 8.87 Å². The summed E-state index contributed by atoms with van der Waals surface area (Å²) < 4.78 is 21.4. The van der Waals surface area contributed by atoms with Gasteiger partial charge in [0, 0.05) is 6.26 Å². The lowest BCUT2D eigenvalue weighted by molar-refractivity contribution is 0.615. The molecule has 0 aromatic heterocycles. The second-order valence-electron chi connectivity index (χ2n) is 2.43. The zero-order chi connectivity index (χ0) is 7.00. The molecule has 0 aliphatic heterocycles. The van der Waals surface area contributed by atoms with Crippen LogP contribution in [0.2, 0.25) is 0 Å². The quantitative estimate of drug-likeness (QED) is 0.522. The van der Waals surface area contributed by atoms with Crippen LogP contribution in [0.25, 0.3) is 0 Å². The zero-order valence-electron chi connectivity index (χ0n) is 5.63. The maximum Gasteiger partial charge on any atom is 0.181 e. The van der Waals surface area contributed by atoms with Crippen molar-refractivity contribution in [3.8, 4) is 0 Å². The molecule has 0 atom stereocenters. The van der Waals surface area contributed by atoms with Gasteiger partial charge in [-0.1, -0.05) is 0 Å². The van der Waals surface area contributed by atoms with Gasteiger partial charge in [0.05, 0.1) is 0 Å². The van der Waals surface area contributed by atoms with Gasteiger partial charge in [0.2, 0.25) is 0 Å². The maximum atomic E-state index is 10.7. The van der Waals surface area contributed by atoms with E-state index in [4.69, 9.17) is 0 Å². The van der Waals surface area contributed by atoms with Crippen molar-refractivity contribution in [1.29, 1.82) is 0 Å². The summed E-state index contributed by atoms with van der Waals surface area (Å²) in [6.07, 6.45) is 6.58. The highest BCUT2D eigenvalue weighted by Gasteiger charge is 2.16. The van der Waals surface area contributed by atoms with Crippen molar-refractivity contribution in [2.45, 2.75) is 0 Å². The Morgan fingerprint density at radius 3 is 1.00 bits per heavy atom. The summed E-state index contributed by atoms with van der Waals surface area (Å²) >= 11 is 0. The Morgan fingerprint density at radius 1 is 0.875 bits per heavy atom. The molecule has 0 bridgehead atoms. The molecule has 52 valence electrons. The summed E-state index contributed by atoms with van der Waals surface area (Å²) in [5, 5.41) is 0. The molecule has 0 fully saturated rings. The molecule has 2 nitrogen and oxygen atoms in total. The van der Waals surface area contributed by atoms with Crippen molar-refractivity contribution in [3.63, 3.8) is 0 Å². The van der Waals surface area contributed by atoms with Gasteiger partial charge in [-0.15, -0.1) is 9.06 Å². The van der Waals surface area contributed by atoms with Gasteiger partial charge in [0.15, 0.2) is 8.87 Å². The minimum atomic E-state index is -2.76. The molecule has 0 N–H and O–H groups in total. The molecule has 0 rings (SSSR count). The van der Waals surface area contributed by atoms with Gasteiger partial charge < -0.3 is 0 Å². The van der Waals surface area contributed by atoms with E-state index in [1.54, 1.807) is 18.8 Å². The summed E-state index contributed by atoms with van der Waals surface area (Å²) in [4.78, 5) is 0. The topological polar surface area (TPSA) is 34.1 Å². The predicted molar refractivity (Wildman–Crippen MR) is 40.2 cm³/mol. The van der Waals surface area contributed by atoms with E-state index in [0.29, 0.717) is 0 Å². The lowest BCUT2D eigenvalue weighted by Crippen LogP contribution is -2.05. The number of hydrogen-bond donors (Lipinski definition) is 0. The number of rotatable bonds is 1. The normalized spacial score (nSPS) is 16.0. The third-order valence-corrected chi connectivity index (χ3v) is 8.17. The lowest BCUT2D eigenvalue weighted by atomic mass is 11.9. The second kappa shape index (κ2) is 1.92. The van der Waals surface area contributed by atoms with Crippen molar-refractivity contribution < 1.29 is 8.42 Å². The molecule has 0 saturated carbocycles. The second-order valence-corrected chi connectivity index (χ2v) is 12.1. The molecule has 0 saturated heterocycles. The Labute approximate surface area is 51.9 Å². The first-order chi connectivity index (χ1) is 3.25. The van der Waals surface area contributed by atoms with Crippen LogP contribution in [0, 0.1) is 0 Å². The van der Waals surface area contributed by atoms with Crippen molar-refractivity contribution in [1.82, 2.24) is 0 Å². The van der Waals surface area contributed by atoms with Crippen LogP contribution in [0.1, 0.15) is 0 Å². The third kappa shape index (κ3) is 2.05. The van der Waals surface area contributed by atoms with Gasteiger partial charge in [-0.25, -0.2) is 8.42 Å². The zero-order valence-corrected chi connectivity index (χ0v) is 7.27. The van der Waals surface area contributed by atoms with Crippen molar-refractivity contribution in [2.24, 2.45) is 0 Å². The van der Waals surface area contributed by atoms with E-state index in [2.05, 4.69) is 0 Å². The molecule has 4 heteroatoms. The summed E-state index contributed by atoms with van der Waals surface area (Å²) in [7, 11) is -4.12. The van der Waals surface area contributed by atoms with Gasteiger partial charge in [0.25, 0.3) is 0 Å².